The largest absolute Gasteiger partial charge is 0.490 e. The second-order valence-electron chi connectivity index (χ2n) is 7.09. The van der Waals surface area contributed by atoms with E-state index < -0.39 is 0 Å². The topological polar surface area (TPSA) is 78.3 Å². The zero-order valence-corrected chi connectivity index (χ0v) is 19.3. The van der Waals surface area contributed by atoms with Crippen LogP contribution in [0.2, 0.25) is 0 Å². The summed E-state index contributed by atoms with van der Waals surface area (Å²) in [4.78, 5) is 17.6. The number of aromatic nitrogens is 3. The molecule has 9 heteroatoms. The third kappa shape index (κ3) is 5.04. The number of nitrogens with zero attached hydrogens (tertiary/aromatic N) is 3. The van der Waals surface area contributed by atoms with Crippen molar-refractivity contribution in [3.63, 3.8) is 0 Å². The minimum absolute atomic E-state index is 0.302. The van der Waals surface area contributed by atoms with Crippen LogP contribution in [0.5, 0.6) is 11.5 Å². The Morgan fingerprint density at radius 2 is 1.79 bits per heavy atom. The van der Waals surface area contributed by atoms with Crippen LogP contribution in [-0.4, -0.2) is 33.9 Å². The van der Waals surface area contributed by atoms with Crippen LogP contribution in [0.1, 0.15) is 29.9 Å². The number of carbonyl (C=O) groups is 1. The lowest BCUT2D eigenvalue weighted by Crippen LogP contribution is -2.15. The first-order valence-corrected chi connectivity index (χ1v) is 11.4. The van der Waals surface area contributed by atoms with Gasteiger partial charge in [-0.1, -0.05) is 0 Å². The molecule has 2 aromatic heterocycles. The second kappa shape index (κ2) is 9.83. The van der Waals surface area contributed by atoms with E-state index in [0.717, 1.165) is 11.3 Å². The molecule has 170 valence electrons. The molecule has 0 saturated heterocycles. The van der Waals surface area contributed by atoms with Crippen LogP contribution < -0.4 is 14.8 Å². The van der Waals surface area contributed by atoms with Gasteiger partial charge in [-0.3, -0.25) is 4.79 Å². The highest BCUT2D eigenvalue weighted by atomic mass is 32.1. The molecule has 2 heterocycles. The molecule has 0 aliphatic rings. The molecular weight excluding hydrogens is 443 g/mol. The molecule has 1 amide bonds. The number of hydrogen-bond acceptors (Lipinski definition) is 6. The highest BCUT2D eigenvalue weighted by Gasteiger charge is 2.17. The Kier molecular flexibility index (Phi) is 6.69. The fourth-order valence-electron chi connectivity index (χ4n) is 3.23. The number of nitrogens with one attached hydrogen (secondary N) is 1. The van der Waals surface area contributed by atoms with Crippen LogP contribution in [0, 0.1) is 12.7 Å². The van der Waals surface area contributed by atoms with Gasteiger partial charge in [0, 0.05) is 22.6 Å². The fraction of sp³-hybridized carbons (Fsp3) is 0.208. The molecule has 7 nitrogen and oxygen atoms in total. The van der Waals surface area contributed by atoms with Crippen molar-refractivity contribution in [3.8, 4) is 27.9 Å². The maximum atomic E-state index is 13.2. The van der Waals surface area contributed by atoms with Gasteiger partial charge in [-0.25, -0.2) is 9.37 Å². The number of aryl methyl sites for hydroxylation is 1. The zero-order valence-electron chi connectivity index (χ0n) is 18.5. The Balaban J connectivity index is 1.59. The molecule has 0 aliphatic carbocycles. The van der Waals surface area contributed by atoms with Gasteiger partial charge in [0.05, 0.1) is 24.6 Å². The molecule has 0 unspecified atom stereocenters. The molecule has 33 heavy (non-hydrogen) atoms. The molecule has 0 fully saturated rings. The summed E-state index contributed by atoms with van der Waals surface area (Å²) in [5.41, 5.74) is 2.66. The first-order chi connectivity index (χ1) is 16.0. The Morgan fingerprint density at radius 3 is 2.52 bits per heavy atom. The van der Waals surface area contributed by atoms with Crippen LogP contribution in [0.4, 0.5) is 10.2 Å². The van der Waals surface area contributed by atoms with E-state index in [2.05, 4.69) is 15.4 Å². The van der Waals surface area contributed by atoms with E-state index in [1.165, 1.54) is 23.5 Å². The van der Waals surface area contributed by atoms with Gasteiger partial charge in [0.25, 0.3) is 5.91 Å². The number of rotatable bonds is 8. The van der Waals surface area contributed by atoms with Crippen LogP contribution in [0.15, 0.2) is 53.9 Å². The summed E-state index contributed by atoms with van der Waals surface area (Å²) < 4.78 is 26.0. The predicted octanol–water partition coefficient (Wildman–Crippen LogP) is 5.49. The molecule has 0 atom stereocenters. The molecule has 2 aromatic carbocycles. The normalized spacial score (nSPS) is 10.8. The van der Waals surface area contributed by atoms with Crippen molar-refractivity contribution < 1.29 is 18.7 Å². The van der Waals surface area contributed by atoms with Gasteiger partial charge in [-0.15, -0.1) is 11.3 Å². The SMILES string of the molecule is CCOc1ccc(C(=O)Nc2cc(C)nn2-c2nc(-c3ccc(F)cc3)cs2)cc1OCC. The Hall–Kier alpha value is -3.72. The first kappa shape index (κ1) is 22.5. The highest BCUT2D eigenvalue weighted by Crippen LogP contribution is 2.30. The van der Waals surface area contributed by atoms with Crippen molar-refractivity contribution in [2.75, 3.05) is 18.5 Å². The summed E-state index contributed by atoms with van der Waals surface area (Å²) in [7, 11) is 0. The van der Waals surface area contributed by atoms with Crippen molar-refractivity contribution in [3.05, 3.63) is 71.0 Å². The van der Waals surface area contributed by atoms with E-state index >= 15 is 0 Å². The number of thiazole rings is 1. The first-order valence-electron chi connectivity index (χ1n) is 10.5. The van der Waals surface area contributed by atoms with Gasteiger partial charge >= 0.3 is 0 Å². The van der Waals surface area contributed by atoms with Crippen molar-refractivity contribution >= 4 is 23.1 Å². The monoisotopic (exact) mass is 466 g/mol. The minimum atomic E-state index is -0.310. The summed E-state index contributed by atoms with van der Waals surface area (Å²) in [5, 5.41) is 9.83. The van der Waals surface area contributed by atoms with Crippen LogP contribution in [0.25, 0.3) is 16.4 Å². The van der Waals surface area contributed by atoms with Gasteiger partial charge in [0.1, 0.15) is 11.6 Å². The predicted molar refractivity (Wildman–Crippen MR) is 126 cm³/mol. The molecule has 0 bridgehead atoms. The number of amides is 1. The fourth-order valence-corrected chi connectivity index (χ4v) is 4.03. The van der Waals surface area contributed by atoms with Crippen molar-refractivity contribution in [1.29, 1.82) is 0 Å². The Morgan fingerprint density at radius 1 is 1.06 bits per heavy atom. The lowest BCUT2D eigenvalue weighted by Gasteiger charge is -2.12. The van der Waals surface area contributed by atoms with Crippen LogP contribution in [0.3, 0.4) is 0 Å². The molecule has 0 aliphatic heterocycles. The maximum Gasteiger partial charge on any atom is 0.256 e. The van der Waals surface area contributed by atoms with Gasteiger partial charge in [-0.2, -0.15) is 9.78 Å². The molecule has 4 rings (SSSR count). The Bertz CT molecular complexity index is 1270. The van der Waals surface area contributed by atoms with Crippen LogP contribution in [-0.2, 0) is 0 Å². The average molecular weight is 467 g/mol. The van der Waals surface area contributed by atoms with Gasteiger partial charge in [-0.05, 0) is 63.2 Å². The standard InChI is InChI=1S/C24H23FN4O3S/c1-4-31-20-11-8-17(13-21(20)32-5-2)23(30)27-22-12-15(3)28-29(22)24-26-19(14-33-24)16-6-9-18(25)10-7-16/h6-14H,4-5H2,1-3H3,(H,27,30). The van der Waals surface area contributed by atoms with Crippen molar-refractivity contribution in [1.82, 2.24) is 14.8 Å². The second-order valence-corrected chi connectivity index (χ2v) is 7.92. The van der Waals surface area contributed by atoms with E-state index in [9.17, 15) is 9.18 Å². The number of anilines is 1. The Labute approximate surface area is 194 Å². The number of benzene rings is 2. The number of ether oxygens (including phenoxy) is 2. The summed E-state index contributed by atoms with van der Waals surface area (Å²) in [6, 6.07) is 13.0. The number of hydrogen-bond donors (Lipinski definition) is 1. The summed E-state index contributed by atoms with van der Waals surface area (Å²) in [6.45, 7) is 6.55. The smallest absolute Gasteiger partial charge is 0.256 e. The highest BCUT2D eigenvalue weighted by molar-refractivity contribution is 7.12. The van der Waals surface area contributed by atoms with Crippen molar-refractivity contribution in [2.24, 2.45) is 0 Å². The molecule has 0 radical (unpaired) electrons. The lowest BCUT2D eigenvalue weighted by molar-refractivity contribution is 0.102. The summed E-state index contributed by atoms with van der Waals surface area (Å²) in [5.74, 6) is 0.983. The summed E-state index contributed by atoms with van der Waals surface area (Å²) >= 11 is 1.38. The lowest BCUT2D eigenvalue weighted by atomic mass is 10.2. The van der Waals surface area contributed by atoms with Crippen molar-refractivity contribution in [2.45, 2.75) is 20.8 Å². The van der Waals surface area contributed by atoms with Crippen LogP contribution >= 0.6 is 11.3 Å². The van der Waals surface area contributed by atoms with E-state index in [1.54, 1.807) is 41.1 Å². The third-order valence-corrected chi connectivity index (χ3v) is 5.51. The minimum Gasteiger partial charge on any atom is -0.490 e. The zero-order chi connectivity index (χ0) is 23.4. The number of halogens is 1. The van der Waals surface area contributed by atoms with E-state index in [4.69, 9.17) is 9.47 Å². The molecular formula is C24H23FN4O3S. The summed E-state index contributed by atoms with van der Waals surface area (Å²) in [6.07, 6.45) is 0. The van der Waals surface area contributed by atoms with Gasteiger partial charge < -0.3 is 14.8 Å². The molecule has 0 spiro atoms. The third-order valence-electron chi connectivity index (χ3n) is 4.69. The van der Waals surface area contributed by atoms with Gasteiger partial charge in [0.15, 0.2) is 11.5 Å². The van der Waals surface area contributed by atoms with E-state index in [0.29, 0.717) is 46.9 Å². The molecule has 0 saturated carbocycles. The number of carbonyl (C=O) groups excluding carboxylic acids is 1. The van der Waals surface area contributed by atoms with E-state index in [-0.39, 0.29) is 11.7 Å². The van der Waals surface area contributed by atoms with E-state index in [1.807, 2.05) is 26.2 Å². The molecule has 4 aromatic rings. The molecule has 1 N–H and O–H groups in total. The quantitative estimate of drug-likeness (QED) is 0.371. The maximum absolute atomic E-state index is 13.2. The average Bonchev–Trinajstić information content (AvgIpc) is 3.42. The van der Waals surface area contributed by atoms with Gasteiger partial charge in [0.2, 0.25) is 5.13 Å².